The fourth-order valence-electron chi connectivity index (χ4n) is 3.59. The zero-order valence-corrected chi connectivity index (χ0v) is 14.7. The van der Waals surface area contributed by atoms with Gasteiger partial charge in [0.15, 0.2) is 11.4 Å². The molecule has 1 amide bonds. The highest BCUT2D eigenvalue weighted by Gasteiger charge is 2.38. The van der Waals surface area contributed by atoms with E-state index in [9.17, 15) is 14.7 Å². The number of pyridine rings is 1. The van der Waals surface area contributed by atoms with Gasteiger partial charge >= 0.3 is 0 Å². The molecule has 0 spiro atoms. The minimum atomic E-state index is -0.669. The topological polar surface area (TPSA) is 88.3 Å². The van der Waals surface area contributed by atoms with Gasteiger partial charge in [-0.3, -0.25) is 19.3 Å². The first-order valence-corrected chi connectivity index (χ1v) is 8.60. The number of amides is 1. The molecule has 0 aliphatic carbocycles. The molecule has 27 heavy (non-hydrogen) atoms. The normalized spacial score (nSPS) is 17.4. The van der Waals surface area contributed by atoms with E-state index in [0.29, 0.717) is 6.54 Å². The Morgan fingerprint density at radius 2 is 1.85 bits per heavy atom. The van der Waals surface area contributed by atoms with Crippen molar-refractivity contribution < 1.29 is 9.90 Å². The summed E-state index contributed by atoms with van der Waals surface area (Å²) in [7, 11) is 1.65. The molecular weight excluding hydrogens is 344 g/mol. The SMILES string of the molecule is CN1C[C@@H]([C@@H](c2ccccc2)c2ccccn2)n2ncc(=O)c(O)c2C1=O. The lowest BCUT2D eigenvalue weighted by Crippen LogP contribution is -2.45. The first-order valence-electron chi connectivity index (χ1n) is 8.60. The van der Waals surface area contributed by atoms with Crippen LogP contribution in [0.4, 0.5) is 0 Å². The maximum absolute atomic E-state index is 12.6. The van der Waals surface area contributed by atoms with Gasteiger partial charge in [0.25, 0.3) is 5.91 Å². The van der Waals surface area contributed by atoms with Gasteiger partial charge in [-0.05, 0) is 17.7 Å². The van der Waals surface area contributed by atoms with Gasteiger partial charge in [-0.25, -0.2) is 0 Å². The predicted molar refractivity (Wildman–Crippen MR) is 98.7 cm³/mol. The van der Waals surface area contributed by atoms with Crippen molar-refractivity contribution in [3.63, 3.8) is 0 Å². The molecule has 0 fully saturated rings. The van der Waals surface area contributed by atoms with E-state index < -0.39 is 17.1 Å². The Kier molecular flexibility index (Phi) is 4.19. The Morgan fingerprint density at radius 3 is 2.56 bits per heavy atom. The molecule has 0 bridgehead atoms. The van der Waals surface area contributed by atoms with Gasteiger partial charge in [0.1, 0.15) is 0 Å². The number of hydrogen-bond acceptors (Lipinski definition) is 5. The van der Waals surface area contributed by atoms with E-state index >= 15 is 0 Å². The lowest BCUT2D eigenvalue weighted by molar-refractivity contribution is 0.0685. The highest BCUT2D eigenvalue weighted by atomic mass is 16.3. The summed E-state index contributed by atoms with van der Waals surface area (Å²) in [5.74, 6) is -1.21. The van der Waals surface area contributed by atoms with E-state index in [0.717, 1.165) is 17.5 Å². The number of fused-ring (bicyclic) bond motifs is 1. The van der Waals surface area contributed by atoms with Crippen LogP contribution in [0.2, 0.25) is 0 Å². The number of nitrogens with zero attached hydrogens (tertiary/aromatic N) is 4. The third-order valence-electron chi connectivity index (χ3n) is 4.86. The van der Waals surface area contributed by atoms with Crippen molar-refractivity contribution in [3.05, 3.63) is 88.1 Å². The summed E-state index contributed by atoms with van der Waals surface area (Å²) in [6.45, 7) is 0.372. The molecule has 4 rings (SSSR count). The van der Waals surface area contributed by atoms with Crippen LogP contribution >= 0.6 is 0 Å². The van der Waals surface area contributed by atoms with Crippen LogP contribution in [0, 0.1) is 0 Å². The molecule has 0 saturated carbocycles. The number of aromatic nitrogens is 3. The quantitative estimate of drug-likeness (QED) is 0.768. The fourth-order valence-corrected chi connectivity index (χ4v) is 3.59. The fraction of sp³-hybridized carbons (Fsp3) is 0.200. The van der Waals surface area contributed by atoms with Crippen LogP contribution in [-0.2, 0) is 0 Å². The molecular formula is C20H18N4O3. The molecule has 3 aromatic rings. The molecule has 0 unspecified atom stereocenters. The standard InChI is InChI=1S/C20H18N4O3/c1-23-12-15(24-18(20(23)27)19(26)16(25)11-22-24)17(13-7-3-2-4-8-13)14-9-5-6-10-21-14/h2-11,15,17,26H,12H2,1H3/t15-,17-/m0/s1. The summed E-state index contributed by atoms with van der Waals surface area (Å²) in [5.41, 5.74) is 1.08. The summed E-state index contributed by atoms with van der Waals surface area (Å²) in [4.78, 5) is 30.5. The van der Waals surface area contributed by atoms with Crippen molar-refractivity contribution in [2.24, 2.45) is 0 Å². The molecule has 7 nitrogen and oxygen atoms in total. The maximum atomic E-state index is 12.6. The summed E-state index contributed by atoms with van der Waals surface area (Å²) in [5, 5.41) is 14.4. The van der Waals surface area contributed by atoms with Crippen molar-refractivity contribution in [2.45, 2.75) is 12.0 Å². The Labute approximate surface area is 155 Å². The molecule has 136 valence electrons. The van der Waals surface area contributed by atoms with Crippen LogP contribution in [0.25, 0.3) is 0 Å². The smallest absolute Gasteiger partial charge is 0.275 e. The van der Waals surface area contributed by atoms with Gasteiger partial charge in [-0.15, -0.1) is 0 Å². The second-order valence-electron chi connectivity index (χ2n) is 6.55. The molecule has 0 radical (unpaired) electrons. The van der Waals surface area contributed by atoms with Gasteiger partial charge in [0, 0.05) is 19.8 Å². The maximum Gasteiger partial charge on any atom is 0.275 e. The summed E-state index contributed by atoms with van der Waals surface area (Å²) in [6.07, 6.45) is 2.77. The number of hydrogen-bond donors (Lipinski definition) is 1. The summed E-state index contributed by atoms with van der Waals surface area (Å²) in [6, 6.07) is 15.2. The first kappa shape index (κ1) is 17.0. The molecule has 3 heterocycles. The van der Waals surface area contributed by atoms with Crippen LogP contribution in [0.5, 0.6) is 5.75 Å². The number of aromatic hydroxyl groups is 1. The van der Waals surface area contributed by atoms with Gasteiger partial charge in [-0.2, -0.15) is 5.10 Å². The van der Waals surface area contributed by atoms with Gasteiger partial charge < -0.3 is 10.0 Å². The second-order valence-corrected chi connectivity index (χ2v) is 6.55. The lowest BCUT2D eigenvalue weighted by Gasteiger charge is -2.37. The summed E-state index contributed by atoms with van der Waals surface area (Å²) < 4.78 is 1.46. The molecule has 2 atom stereocenters. The Morgan fingerprint density at radius 1 is 1.11 bits per heavy atom. The van der Waals surface area contributed by atoms with E-state index in [1.54, 1.807) is 13.2 Å². The average molecular weight is 362 g/mol. The van der Waals surface area contributed by atoms with E-state index in [2.05, 4.69) is 10.1 Å². The van der Waals surface area contributed by atoms with E-state index in [-0.39, 0.29) is 17.7 Å². The minimum absolute atomic E-state index is 0.0851. The highest BCUT2D eigenvalue weighted by Crippen LogP contribution is 2.37. The first-order chi connectivity index (χ1) is 13.1. The van der Waals surface area contributed by atoms with Crippen LogP contribution in [0.3, 0.4) is 0 Å². The molecule has 7 heteroatoms. The number of likely N-dealkylation sites (N-methyl/N-ethyl adjacent to an activating group) is 1. The monoisotopic (exact) mass is 362 g/mol. The second kappa shape index (κ2) is 6.68. The lowest BCUT2D eigenvalue weighted by atomic mass is 9.86. The molecule has 0 saturated heterocycles. The number of benzene rings is 1. The Hall–Kier alpha value is -3.48. The van der Waals surface area contributed by atoms with Crippen molar-refractivity contribution in [1.82, 2.24) is 19.7 Å². The van der Waals surface area contributed by atoms with Gasteiger partial charge in [0.2, 0.25) is 5.43 Å². The number of carbonyl (C=O) groups excluding carboxylic acids is 1. The van der Waals surface area contributed by atoms with E-state index in [1.165, 1.54) is 9.58 Å². The predicted octanol–water partition coefficient (Wildman–Crippen LogP) is 1.80. The molecule has 1 aliphatic heterocycles. The zero-order chi connectivity index (χ0) is 19.0. The zero-order valence-electron chi connectivity index (χ0n) is 14.7. The largest absolute Gasteiger partial charge is 0.502 e. The van der Waals surface area contributed by atoms with Crippen molar-refractivity contribution in [1.29, 1.82) is 0 Å². The van der Waals surface area contributed by atoms with Crippen molar-refractivity contribution in [3.8, 4) is 5.75 Å². The van der Waals surface area contributed by atoms with Gasteiger partial charge in [0.05, 0.1) is 23.9 Å². The van der Waals surface area contributed by atoms with E-state index in [1.807, 2.05) is 48.5 Å². The third-order valence-corrected chi connectivity index (χ3v) is 4.86. The van der Waals surface area contributed by atoms with E-state index in [4.69, 9.17) is 0 Å². The minimum Gasteiger partial charge on any atom is -0.502 e. The van der Waals surface area contributed by atoms with Crippen molar-refractivity contribution >= 4 is 5.91 Å². The molecule has 1 aromatic carbocycles. The van der Waals surface area contributed by atoms with Gasteiger partial charge in [-0.1, -0.05) is 36.4 Å². The summed E-state index contributed by atoms with van der Waals surface area (Å²) >= 11 is 0. The Balaban J connectivity index is 1.94. The average Bonchev–Trinajstić information content (AvgIpc) is 2.70. The number of carbonyl (C=O) groups is 1. The number of rotatable bonds is 3. The Bertz CT molecular complexity index is 995. The molecule has 2 aromatic heterocycles. The van der Waals surface area contributed by atoms with Crippen LogP contribution in [0.1, 0.15) is 33.7 Å². The highest BCUT2D eigenvalue weighted by molar-refractivity contribution is 5.95. The molecule has 1 N–H and O–H groups in total. The third kappa shape index (κ3) is 2.87. The van der Waals surface area contributed by atoms with Crippen LogP contribution < -0.4 is 5.43 Å². The molecule has 1 aliphatic rings. The van der Waals surface area contributed by atoms with Crippen molar-refractivity contribution in [2.75, 3.05) is 13.6 Å². The van der Waals surface area contributed by atoms with Crippen LogP contribution in [0.15, 0.2) is 65.7 Å². The van der Waals surface area contributed by atoms with Crippen LogP contribution in [-0.4, -0.2) is 44.3 Å².